The van der Waals surface area contributed by atoms with E-state index in [0.29, 0.717) is 0 Å². The molecule has 0 aromatic carbocycles. The summed E-state index contributed by atoms with van der Waals surface area (Å²) in [5, 5.41) is 6.91. The zero-order chi connectivity index (χ0) is 10.8. The molecule has 0 saturated heterocycles. The van der Waals surface area contributed by atoms with Gasteiger partial charge in [0.25, 0.3) is 11.8 Å². The largest absolute Gasteiger partial charge is 0.469 e. The van der Waals surface area contributed by atoms with Crippen molar-refractivity contribution in [2.75, 3.05) is 12.3 Å². The van der Waals surface area contributed by atoms with Crippen LogP contribution in [0.4, 0.5) is 14.5 Å². The van der Waals surface area contributed by atoms with Crippen LogP contribution in [0.2, 0.25) is 5.15 Å². The van der Waals surface area contributed by atoms with Gasteiger partial charge < -0.3 is 10.5 Å². The summed E-state index contributed by atoms with van der Waals surface area (Å²) in [4.78, 5) is 0. The van der Waals surface area contributed by atoms with Crippen molar-refractivity contribution >= 4 is 17.3 Å². The number of anilines is 1. The second kappa shape index (κ2) is 3.91. The molecule has 1 rings (SSSR count). The smallest absolute Gasteiger partial charge is 0.278 e. The lowest BCUT2D eigenvalue weighted by atomic mass is 10.4. The lowest BCUT2D eigenvalue weighted by Crippen LogP contribution is -2.21. The molecule has 0 amide bonds. The average molecular weight is 224 g/mol. The van der Waals surface area contributed by atoms with Crippen LogP contribution >= 0.6 is 11.6 Å². The van der Waals surface area contributed by atoms with Crippen LogP contribution in [0.3, 0.4) is 0 Å². The number of nitrogen functional groups attached to an aromatic ring is 1. The first-order valence-corrected chi connectivity index (χ1v) is 4.05. The summed E-state index contributed by atoms with van der Waals surface area (Å²) in [6.07, 6.45) is 0. The topological polar surface area (TPSA) is 61.0 Å². The van der Waals surface area contributed by atoms with Gasteiger partial charge in [0.1, 0.15) is 0 Å². The minimum Gasteiger partial charge on any atom is -0.469 e. The van der Waals surface area contributed by atoms with Crippen molar-refractivity contribution < 1.29 is 13.5 Å². The Labute approximate surface area is 84.0 Å². The van der Waals surface area contributed by atoms with Crippen LogP contribution < -0.4 is 10.5 Å². The van der Waals surface area contributed by atoms with Crippen molar-refractivity contribution in [3.05, 3.63) is 11.2 Å². The van der Waals surface area contributed by atoms with E-state index in [2.05, 4.69) is 14.9 Å². The molecule has 0 aliphatic heterocycles. The fraction of sp³-hybridized carbons (Fsp3) is 0.429. The Kier molecular flexibility index (Phi) is 3.05. The fourth-order valence-electron chi connectivity index (χ4n) is 0.677. The Morgan fingerprint density at radius 3 is 2.71 bits per heavy atom. The van der Waals surface area contributed by atoms with Gasteiger partial charge in [-0.15, -0.1) is 10.2 Å². The third kappa shape index (κ3) is 3.29. The van der Waals surface area contributed by atoms with Crippen LogP contribution in [0.5, 0.6) is 5.88 Å². The predicted octanol–water partition coefficient (Wildman–Crippen LogP) is 1.75. The minimum absolute atomic E-state index is 0.0780. The predicted molar refractivity (Wildman–Crippen MR) is 47.6 cm³/mol. The SMILES string of the molecule is CC(F)(F)COc1nnc(Cl)cc1N. The van der Waals surface area contributed by atoms with Crippen molar-refractivity contribution in [1.82, 2.24) is 10.2 Å². The Morgan fingerprint density at radius 2 is 2.21 bits per heavy atom. The summed E-state index contributed by atoms with van der Waals surface area (Å²) in [7, 11) is 0. The minimum atomic E-state index is -2.94. The number of halogens is 3. The van der Waals surface area contributed by atoms with E-state index in [1.165, 1.54) is 6.07 Å². The highest BCUT2D eigenvalue weighted by Gasteiger charge is 2.23. The molecule has 0 unspecified atom stereocenters. The molecule has 0 atom stereocenters. The summed E-state index contributed by atoms with van der Waals surface area (Å²) in [6.45, 7) is -0.0694. The third-order valence-electron chi connectivity index (χ3n) is 1.22. The van der Waals surface area contributed by atoms with Crippen LogP contribution in [0, 0.1) is 0 Å². The van der Waals surface area contributed by atoms with Crippen molar-refractivity contribution in [3.63, 3.8) is 0 Å². The standard InChI is InChI=1S/C7H8ClF2N3O/c1-7(9,10)3-14-6-4(11)2-5(8)12-13-6/h2H,3H2,1H3,(H2,11,12). The number of rotatable bonds is 3. The van der Waals surface area contributed by atoms with Crippen molar-refractivity contribution in [1.29, 1.82) is 0 Å². The molecule has 0 saturated carbocycles. The van der Waals surface area contributed by atoms with E-state index >= 15 is 0 Å². The molecule has 1 aromatic rings. The first-order valence-electron chi connectivity index (χ1n) is 3.68. The zero-order valence-corrected chi connectivity index (χ0v) is 8.05. The van der Waals surface area contributed by atoms with Gasteiger partial charge in [0, 0.05) is 13.0 Å². The molecular weight excluding hydrogens is 216 g/mol. The number of hydrogen-bond acceptors (Lipinski definition) is 4. The lowest BCUT2D eigenvalue weighted by Gasteiger charge is -2.11. The summed E-state index contributed by atoms with van der Waals surface area (Å²) >= 11 is 5.45. The maximum Gasteiger partial charge on any atom is 0.278 e. The monoisotopic (exact) mass is 223 g/mol. The van der Waals surface area contributed by atoms with Gasteiger partial charge in [-0.25, -0.2) is 8.78 Å². The van der Waals surface area contributed by atoms with Crippen molar-refractivity contribution in [3.8, 4) is 5.88 Å². The highest BCUT2D eigenvalue weighted by Crippen LogP contribution is 2.21. The van der Waals surface area contributed by atoms with Crippen molar-refractivity contribution in [2.45, 2.75) is 12.8 Å². The number of aromatic nitrogens is 2. The summed E-state index contributed by atoms with van der Waals surface area (Å²) in [6, 6.07) is 1.28. The van der Waals surface area contributed by atoms with Gasteiger partial charge in [-0.3, -0.25) is 0 Å². The molecule has 0 fully saturated rings. The average Bonchev–Trinajstić information content (AvgIpc) is 2.00. The summed E-state index contributed by atoms with van der Waals surface area (Å²) < 4.78 is 29.4. The van der Waals surface area contributed by atoms with Crippen LogP contribution in [0.25, 0.3) is 0 Å². The van der Waals surface area contributed by atoms with Gasteiger partial charge in [-0.2, -0.15) is 0 Å². The van der Waals surface area contributed by atoms with E-state index in [0.717, 1.165) is 6.92 Å². The molecule has 0 radical (unpaired) electrons. The number of ether oxygens (including phenoxy) is 1. The van der Waals surface area contributed by atoms with E-state index in [9.17, 15) is 8.78 Å². The summed E-state index contributed by atoms with van der Waals surface area (Å²) in [5.41, 5.74) is 5.47. The summed E-state index contributed by atoms with van der Waals surface area (Å²) in [5.74, 6) is -3.08. The molecule has 78 valence electrons. The molecule has 7 heteroatoms. The number of nitrogens with two attached hydrogens (primary N) is 1. The number of nitrogens with zero attached hydrogens (tertiary/aromatic N) is 2. The van der Waals surface area contributed by atoms with Gasteiger partial charge in [-0.1, -0.05) is 11.6 Å². The van der Waals surface area contributed by atoms with Crippen molar-refractivity contribution in [2.24, 2.45) is 0 Å². The fourth-order valence-corrected chi connectivity index (χ4v) is 0.832. The van der Waals surface area contributed by atoms with Crippen LogP contribution in [0.1, 0.15) is 6.92 Å². The maximum atomic E-state index is 12.4. The molecule has 1 heterocycles. The Bertz CT molecular complexity index is 329. The van der Waals surface area contributed by atoms with Crippen LogP contribution in [-0.4, -0.2) is 22.7 Å². The van der Waals surface area contributed by atoms with E-state index in [1.807, 2.05) is 0 Å². The lowest BCUT2D eigenvalue weighted by molar-refractivity contribution is -0.0242. The molecule has 0 aliphatic rings. The van der Waals surface area contributed by atoms with Crippen LogP contribution in [-0.2, 0) is 0 Å². The molecule has 0 aliphatic carbocycles. The normalized spacial score (nSPS) is 11.4. The van der Waals surface area contributed by atoms with E-state index < -0.39 is 12.5 Å². The molecule has 2 N–H and O–H groups in total. The molecule has 0 bridgehead atoms. The molecule has 0 spiro atoms. The van der Waals surface area contributed by atoms with E-state index in [4.69, 9.17) is 17.3 Å². The number of alkyl halides is 2. The molecule has 14 heavy (non-hydrogen) atoms. The molecule has 4 nitrogen and oxygen atoms in total. The van der Waals surface area contributed by atoms with Gasteiger partial charge in [0.2, 0.25) is 0 Å². The molecule has 1 aromatic heterocycles. The first-order chi connectivity index (χ1) is 6.38. The Hall–Kier alpha value is -1.17. The second-order valence-electron chi connectivity index (χ2n) is 2.79. The zero-order valence-electron chi connectivity index (χ0n) is 7.30. The van der Waals surface area contributed by atoms with E-state index in [1.54, 1.807) is 0 Å². The Morgan fingerprint density at radius 1 is 1.57 bits per heavy atom. The maximum absolute atomic E-state index is 12.4. The second-order valence-corrected chi connectivity index (χ2v) is 3.17. The van der Waals surface area contributed by atoms with Gasteiger partial charge in [0.05, 0.1) is 5.69 Å². The highest BCUT2D eigenvalue weighted by atomic mass is 35.5. The van der Waals surface area contributed by atoms with Gasteiger partial charge >= 0.3 is 0 Å². The third-order valence-corrected chi connectivity index (χ3v) is 1.40. The number of hydrogen-bond donors (Lipinski definition) is 1. The van der Waals surface area contributed by atoms with Crippen LogP contribution in [0.15, 0.2) is 6.07 Å². The molecular formula is C7H8ClF2N3O. The Balaban J connectivity index is 2.68. The van der Waals surface area contributed by atoms with Gasteiger partial charge in [-0.05, 0) is 0 Å². The van der Waals surface area contributed by atoms with E-state index in [-0.39, 0.29) is 16.7 Å². The first kappa shape index (κ1) is 10.9. The van der Waals surface area contributed by atoms with Gasteiger partial charge in [0.15, 0.2) is 11.8 Å². The highest BCUT2D eigenvalue weighted by molar-refractivity contribution is 6.29. The quantitative estimate of drug-likeness (QED) is 0.848.